The summed E-state index contributed by atoms with van der Waals surface area (Å²) in [5, 5.41) is 17.9. The zero-order chi connectivity index (χ0) is 14.4. The van der Waals surface area contributed by atoms with E-state index in [9.17, 15) is 4.79 Å². The molecule has 4 heteroatoms. The molecule has 0 radical (unpaired) electrons. The summed E-state index contributed by atoms with van der Waals surface area (Å²) >= 11 is 0. The number of para-hydroxylation sites is 1. The monoisotopic (exact) mass is 267 g/mol. The molecule has 1 N–H and O–H groups in total. The summed E-state index contributed by atoms with van der Waals surface area (Å²) in [4.78, 5) is 10.7. The highest BCUT2D eigenvalue weighted by molar-refractivity contribution is 5.68. The first-order valence-electron chi connectivity index (χ1n) is 6.13. The predicted octanol–water partition coefficient (Wildman–Crippen LogP) is 3.56. The average molecular weight is 267 g/mol. The summed E-state index contributed by atoms with van der Waals surface area (Å²) in [6, 6.07) is 18.2. The molecular formula is C16H13NO3. The summed E-state index contributed by atoms with van der Waals surface area (Å²) in [5.41, 5.74) is 0.642. The normalized spacial score (nSPS) is 11.3. The van der Waals surface area contributed by atoms with Gasteiger partial charge in [0.15, 0.2) is 0 Å². The smallest absolute Gasteiger partial charge is 0.305 e. The number of carboxylic acid groups (broad SMARTS) is 1. The maximum absolute atomic E-state index is 10.7. The number of nitriles is 1. The van der Waals surface area contributed by atoms with E-state index in [1.54, 1.807) is 24.3 Å². The molecule has 0 aliphatic rings. The van der Waals surface area contributed by atoms with Crippen LogP contribution in [0.5, 0.6) is 11.5 Å². The highest BCUT2D eigenvalue weighted by atomic mass is 16.5. The van der Waals surface area contributed by atoms with E-state index in [1.165, 1.54) is 0 Å². The largest absolute Gasteiger partial charge is 0.481 e. The molecule has 0 heterocycles. The van der Waals surface area contributed by atoms with Gasteiger partial charge in [-0.1, -0.05) is 30.3 Å². The standard InChI is InChI=1S/C16H13NO3/c17-11-13(10-16(18)19)12-5-4-8-15(9-12)20-14-6-2-1-3-7-14/h1-9,13H,10H2,(H,18,19). The number of nitrogens with zero attached hydrogens (tertiary/aromatic N) is 1. The van der Waals surface area contributed by atoms with E-state index in [-0.39, 0.29) is 6.42 Å². The lowest BCUT2D eigenvalue weighted by Crippen LogP contribution is -2.04. The Balaban J connectivity index is 2.19. The van der Waals surface area contributed by atoms with E-state index in [2.05, 4.69) is 0 Å². The molecule has 100 valence electrons. The van der Waals surface area contributed by atoms with Crippen LogP contribution in [0.15, 0.2) is 54.6 Å². The molecule has 1 atom stereocenters. The molecule has 2 aromatic rings. The first kappa shape index (κ1) is 13.6. The third-order valence-corrected chi connectivity index (χ3v) is 2.77. The van der Waals surface area contributed by atoms with Crippen LogP contribution in [-0.4, -0.2) is 11.1 Å². The van der Waals surface area contributed by atoms with Crippen molar-refractivity contribution in [3.63, 3.8) is 0 Å². The van der Waals surface area contributed by atoms with Gasteiger partial charge >= 0.3 is 5.97 Å². The number of carbonyl (C=O) groups is 1. The topological polar surface area (TPSA) is 70.3 Å². The molecule has 0 aromatic heterocycles. The van der Waals surface area contributed by atoms with Gasteiger partial charge in [0.1, 0.15) is 11.5 Å². The molecule has 20 heavy (non-hydrogen) atoms. The Morgan fingerprint density at radius 2 is 1.85 bits per heavy atom. The number of ether oxygens (including phenoxy) is 1. The number of benzene rings is 2. The minimum atomic E-state index is -0.995. The fraction of sp³-hybridized carbons (Fsp3) is 0.125. The van der Waals surface area contributed by atoms with Crippen LogP contribution in [0.1, 0.15) is 17.9 Å². The Morgan fingerprint density at radius 3 is 2.50 bits per heavy atom. The van der Waals surface area contributed by atoms with Gasteiger partial charge in [-0.15, -0.1) is 0 Å². The number of hydrogen-bond donors (Lipinski definition) is 1. The van der Waals surface area contributed by atoms with Crippen LogP contribution in [0, 0.1) is 11.3 Å². The first-order valence-corrected chi connectivity index (χ1v) is 6.13. The van der Waals surface area contributed by atoms with Crippen LogP contribution in [-0.2, 0) is 4.79 Å². The van der Waals surface area contributed by atoms with Gasteiger partial charge in [0.05, 0.1) is 18.4 Å². The zero-order valence-electron chi connectivity index (χ0n) is 10.7. The molecule has 4 nitrogen and oxygen atoms in total. The molecule has 0 aliphatic heterocycles. The van der Waals surface area contributed by atoms with Crippen LogP contribution in [0.25, 0.3) is 0 Å². The van der Waals surface area contributed by atoms with Crippen molar-refractivity contribution in [3.8, 4) is 17.6 Å². The van der Waals surface area contributed by atoms with E-state index in [4.69, 9.17) is 15.1 Å². The highest BCUT2D eigenvalue weighted by Crippen LogP contribution is 2.26. The Hall–Kier alpha value is -2.80. The van der Waals surface area contributed by atoms with Gasteiger partial charge in [-0.2, -0.15) is 5.26 Å². The van der Waals surface area contributed by atoms with Crippen molar-refractivity contribution < 1.29 is 14.6 Å². The fourth-order valence-electron chi connectivity index (χ4n) is 1.83. The van der Waals surface area contributed by atoms with Gasteiger partial charge in [-0.3, -0.25) is 4.79 Å². The molecule has 0 amide bonds. The molecule has 0 spiro atoms. The van der Waals surface area contributed by atoms with Crippen molar-refractivity contribution in [2.24, 2.45) is 0 Å². The third-order valence-electron chi connectivity index (χ3n) is 2.77. The van der Waals surface area contributed by atoms with Crippen molar-refractivity contribution in [1.29, 1.82) is 5.26 Å². The van der Waals surface area contributed by atoms with Gasteiger partial charge in [0.2, 0.25) is 0 Å². The molecule has 0 aliphatic carbocycles. The second-order valence-electron chi connectivity index (χ2n) is 4.27. The maximum Gasteiger partial charge on any atom is 0.305 e. The number of rotatable bonds is 5. The lowest BCUT2D eigenvalue weighted by Gasteiger charge is -2.10. The number of hydrogen-bond acceptors (Lipinski definition) is 3. The lowest BCUT2D eigenvalue weighted by molar-refractivity contribution is -0.137. The van der Waals surface area contributed by atoms with Crippen LogP contribution < -0.4 is 4.74 Å². The molecule has 0 saturated heterocycles. The van der Waals surface area contributed by atoms with Crippen molar-refractivity contribution in [3.05, 3.63) is 60.2 Å². The average Bonchev–Trinajstić information content (AvgIpc) is 2.46. The first-order chi connectivity index (χ1) is 9.69. The zero-order valence-corrected chi connectivity index (χ0v) is 10.7. The van der Waals surface area contributed by atoms with E-state index in [0.29, 0.717) is 17.1 Å². The Morgan fingerprint density at radius 1 is 1.15 bits per heavy atom. The van der Waals surface area contributed by atoms with Crippen LogP contribution in [0.4, 0.5) is 0 Å². The van der Waals surface area contributed by atoms with Crippen molar-refractivity contribution in [1.82, 2.24) is 0 Å². The second kappa shape index (κ2) is 6.39. The summed E-state index contributed by atoms with van der Waals surface area (Å²) in [5.74, 6) is -0.395. The van der Waals surface area contributed by atoms with Crippen molar-refractivity contribution in [2.75, 3.05) is 0 Å². The minimum absolute atomic E-state index is 0.217. The fourth-order valence-corrected chi connectivity index (χ4v) is 1.83. The van der Waals surface area contributed by atoms with E-state index < -0.39 is 11.9 Å². The minimum Gasteiger partial charge on any atom is -0.481 e. The van der Waals surface area contributed by atoms with E-state index in [0.717, 1.165) is 0 Å². The Labute approximate surface area is 116 Å². The SMILES string of the molecule is N#CC(CC(=O)O)c1cccc(Oc2ccccc2)c1. The summed E-state index contributed by atoms with van der Waals surface area (Å²) in [6.45, 7) is 0. The van der Waals surface area contributed by atoms with Gasteiger partial charge < -0.3 is 9.84 Å². The summed E-state index contributed by atoms with van der Waals surface area (Å²) in [7, 11) is 0. The second-order valence-corrected chi connectivity index (χ2v) is 4.27. The van der Waals surface area contributed by atoms with Crippen LogP contribution in [0.2, 0.25) is 0 Å². The highest BCUT2D eigenvalue weighted by Gasteiger charge is 2.15. The third kappa shape index (κ3) is 3.59. The van der Waals surface area contributed by atoms with E-state index in [1.807, 2.05) is 36.4 Å². The molecular weight excluding hydrogens is 254 g/mol. The van der Waals surface area contributed by atoms with Crippen LogP contribution >= 0.6 is 0 Å². The van der Waals surface area contributed by atoms with Crippen LogP contribution in [0.3, 0.4) is 0 Å². The van der Waals surface area contributed by atoms with E-state index >= 15 is 0 Å². The van der Waals surface area contributed by atoms with Crippen molar-refractivity contribution >= 4 is 5.97 Å². The molecule has 0 saturated carbocycles. The molecule has 2 rings (SSSR count). The maximum atomic E-state index is 10.7. The Bertz CT molecular complexity index is 632. The predicted molar refractivity (Wildman–Crippen MR) is 73.6 cm³/mol. The number of aliphatic carboxylic acids is 1. The lowest BCUT2D eigenvalue weighted by atomic mass is 9.97. The summed E-state index contributed by atoms with van der Waals surface area (Å²) in [6.07, 6.45) is -0.217. The summed E-state index contributed by atoms with van der Waals surface area (Å²) < 4.78 is 5.66. The van der Waals surface area contributed by atoms with Gasteiger partial charge in [-0.05, 0) is 29.8 Å². The van der Waals surface area contributed by atoms with Crippen molar-refractivity contribution in [2.45, 2.75) is 12.3 Å². The quantitative estimate of drug-likeness (QED) is 0.899. The Kier molecular flexibility index (Phi) is 4.35. The molecule has 0 bridgehead atoms. The molecule has 0 fully saturated rings. The molecule has 1 unspecified atom stereocenters. The van der Waals surface area contributed by atoms with Gasteiger partial charge in [-0.25, -0.2) is 0 Å². The molecule has 2 aromatic carbocycles. The van der Waals surface area contributed by atoms with Gasteiger partial charge in [0, 0.05) is 0 Å². The van der Waals surface area contributed by atoms with Gasteiger partial charge in [0.25, 0.3) is 0 Å². The number of carboxylic acids is 1.